The molecule has 5 heteroatoms. The van der Waals surface area contributed by atoms with Gasteiger partial charge >= 0.3 is 0 Å². The zero-order chi connectivity index (χ0) is 10.7. The van der Waals surface area contributed by atoms with Crippen LogP contribution in [0.15, 0.2) is 5.16 Å². The topological polar surface area (TPSA) is 65.4 Å². The second kappa shape index (κ2) is 4.67. The average Bonchev–Trinajstić information content (AvgIpc) is 2.85. The molecule has 2 rings (SSSR count). The van der Waals surface area contributed by atoms with Gasteiger partial charge in [-0.2, -0.15) is 5.26 Å². The van der Waals surface area contributed by atoms with Crippen molar-refractivity contribution in [2.45, 2.75) is 48.9 Å². The first-order chi connectivity index (χ1) is 7.29. The highest BCUT2D eigenvalue weighted by Crippen LogP contribution is 2.32. The van der Waals surface area contributed by atoms with Crippen LogP contribution in [0.25, 0.3) is 0 Å². The minimum atomic E-state index is -0.0859. The fourth-order valence-corrected chi connectivity index (χ4v) is 2.50. The number of H-pyrrole nitrogens is 1. The number of rotatable bonds is 3. The Labute approximate surface area is 93.5 Å². The number of nitrogens with zero attached hydrogens (tertiary/aromatic N) is 3. The molecule has 0 aliphatic heterocycles. The van der Waals surface area contributed by atoms with Crippen LogP contribution in [-0.2, 0) is 0 Å². The molecule has 0 aromatic carbocycles. The number of nitrogens with one attached hydrogen (secondary N) is 1. The zero-order valence-electron chi connectivity index (χ0n) is 8.73. The monoisotopic (exact) mass is 222 g/mol. The zero-order valence-corrected chi connectivity index (χ0v) is 9.55. The van der Waals surface area contributed by atoms with Crippen LogP contribution in [0.4, 0.5) is 0 Å². The normalized spacial score (nSPS) is 18.9. The molecule has 80 valence electrons. The largest absolute Gasteiger partial charge is 0.262 e. The molecule has 0 saturated heterocycles. The summed E-state index contributed by atoms with van der Waals surface area (Å²) in [6.07, 6.45) is 5.02. The molecule has 4 nitrogen and oxygen atoms in total. The van der Waals surface area contributed by atoms with Gasteiger partial charge in [0, 0.05) is 5.92 Å². The Morgan fingerprint density at radius 2 is 2.27 bits per heavy atom. The maximum atomic E-state index is 8.68. The van der Waals surface area contributed by atoms with E-state index in [9.17, 15) is 0 Å². The number of nitriles is 1. The molecular weight excluding hydrogens is 208 g/mol. The smallest absolute Gasteiger partial charge is 0.209 e. The lowest BCUT2D eigenvalue weighted by Crippen LogP contribution is -1.95. The first kappa shape index (κ1) is 10.5. The summed E-state index contributed by atoms with van der Waals surface area (Å²) in [4.78, 5) is 4.43. The highest BCUT2D eigenvalue weighted by Gasteiger charge is 2.21. The van der Waals surface area contributed by atoms with Gasteiger partial charge in [-0.25, -0.2) is 4.98 Å². The molecule has 1 heterocycles. The van der Waals surface area contributed by atoms with Crippen molar-refractivity contribution in [1.29, 1.82) is 5.26 Å². The van der Waals surface area contributed by atoms with Crippen LogP contribution < -0.4 is 0 Å². The first-order valence-corrected chi connectivity index (χ1v) is 6.16. The van der Waals surface area contributed by atoms with Crippen molar-refractivity contribution in [3.63, 3.8) is 0 Å². The Hall–Kier alpha value is -1.02. The summed E-state index contributed by atoms with van der Waals surface area (Å²) in [5.74, 6) is 1.56. The van der Waals surface area contributed by atoms with Gasteiger partial charge in [-0.05, 0) is 19.8 Å². The molecule has 0 bridgehead atoms. The van der Waals surface area contributed by atoms with E-state index in [0.717, 1.165) is 5.82 Å². The van der Waals surface area contributed by atoms with Gasteiger partial charge in [-0.15, -0.1) is 5.10 Å². The van der Waals surface area contributed by atoms with Crippen molar-refractivity contribution in [3.05, 3.63) is 5.82 Å². The number of thioether (sulfide) groups is 1. The molecule has 1 atom stereocenters. The molecule has 1 fully saturated rings. The number of aromatic amines is 1. The van der Waals surface area contributed by atoms with E-state index in [1.807, 2.05) is 6.92 Å². The van der Waals surface area contributed by atoms with E-state index in [1.54, 1.807) is 0 Å². The van der Waals surface area contributed by atoms with Crippen molar-refractivity contribution in [2.24, 2.45) is 0 Å². The van der Waals surface area contributed by atoms with E-state index in [-0.39, 0.29) is 5.25 Å². The van der Waals surface area contributed by atoms with Gasteiger partial charge in [0.25, 0.3) is 0 Å². The molecule has 0 radical (unpaired) electrons. The van der Waals surface area contributed by atoms with Crippen LogP contribution >= 0.6 is 11.8 Å². The predicted octanol–water partition coefficient (Wildman–Crippen LogP) is 2.47. The van der Waals surface area contributed by atoms with Crippen LogP contribution in [0.5, 0.6) is 0 Å². The summed E-state index contributed by atoms with van der Waals surface area (Å²) in [5.41, 5.74) is 0. The Morgan fingerprint density at radius 3 is 2.93 bits per heavy atom. The van der Waals surface area contributed by atoms with E-state index < -0.39 is 0 Å². The van der Waals surface area contributed by atoms with Crippen LogP contribution in [0, 0.1) is 11.3 Å². The Morgan fingerprint density at radius 1 is 1.53 bits per heavy atom. The van der Waals surface area contributed by atoms with E-state index in [0.29, 0.717) is 11.1 Å². The Kier molecular flexibility index (Phi) is 3.27. The second-order valence-electron chi connectivity index (χ2n) is 3.87. The van der Waals surface area contributed by atoms with Gasteiger partial charge in [0.15, 0.2) is 0 Å². The van der Waals surface area contributed by atoms with Crippen molar-refractivity contribution in [3.8, 4) is 6.07 Å². The van der Waals surface area contributed by atoms with E-state index in [4.69, 9.17) is 5.26 Å². The van der Waals surface area contributed by atoms with Gasteiger partial charge in [-0.1, -0.05) is 24.6 Å². The fraction of sp³-hybridized carbons (Fsp3) is 0.700. The van der Waals surface area contributed by atoms with Crippen LogP contribution in [0.3, 0.4) is 0 Å². The highest BCUT2D eigenvalue weighted by atomic mass is 32.2. The van der Waals surface area contributed by atoms with E-state index >= 15 is 0 Å². The summed E-state index contributed by atoms with van der Waals surface area (Å²) in [6.45, 7) is 1.86. The summed E-state index contributed by atoms with van der Waals surface area (Å²) >= 11 is 1.41. The lowest BCUT2D eigenvalue weighted by atomic mass is 10.1. The highest BCUT2D eigenvalue weighted by molar-refractivity contribution is 7.99. The van der Waals surface area contributed by atoms with Crippen LogP contribution in [0.2, 0.25) is 0 Å². The average molecular weight is 222 g/mol. The third-order valence-electron chi connectivity index (χ3n) is 2.69. The fourth-order valence-electron chi connectivity index (χ4n) is 1.88. The lowest BCUT2D eigenvalue weighted by Gasteiger charge is -2.01. The standard InChI is InChI=1S/C10H14N4S/c1-7(6-11)15-10-12-9(13-14-10)8-4-2-3-5-8/h7-8H,2-5H2,1H3,(H,12,13,14). The van der Waals surface area contributed by atoms with E-state index in [2.05, 4.69) is 21.3 Å². The molecule has 1 N–H and O–H groups in total. The maximum Gasteiger partial charge on any atom is 0.209 e. The number of hydrogen-bond acceptors (Lipinski definition) is 4. The molecule has 15 heavy (non-hydrogen) atoms. The first-order valence-electron chi connectivity index (χ1n) is 5.28. The van der Waals surface area contributed by atoms with Gasteiger partial charge in [0.2, 0.25) is 5.16 Å². The third-order valence-corrected chi connectivity index (χ3v) is 3.54. The van der Waals surface area contributed by atoms with Crippen molar-refractivity contribution in [2.75, 3.05) is 0 Å². The van der Waals surface area contributed by atoms with Gasteiger partial charge in [-0.3, -0.25) is 5.10 Å². The Balaban J connectivity index is 2.00. The summed E-state index contributed by atoms with van der Waals surface area (Å²) in [5, 5.41) is 16.4. The predicted molar refractivity (Wildman–Crippen MR) is 58.5 cm³/mol. The molecule has 1 aliphatic rings. The van der Waals surface area contributed by atoms with E-state index in [1.165, 1.54) is 37.4 Å². The maximum absolute atomic E-state index is 8.68. The quantitative estimate of drug-likeness (QED) is 0.798. The molecule has 1 aromatic rings. The minimum absolute atomic E-state index is 0.0859. The van der Waals surface area contributed by atoms with Crippen LogP contribution in [-0.4, -0.2) is 20.4 Å². The van der Waals surface area contributed by atoms with Gasteiger partial charge in [0.05, 0.1) is 11.3 Å². The molecular formula is C10H14N4S. The third kappa shape index (κ3) is 2.51. The molecule has 1 unspecified atom stereocenters. The van der Waals surface area contributed by atoms with Crippen molar-refractivity contribution in [1.82, 2.24) is 15.2 Å². The van der Waals surface area contributed by atoms with Gasteiger partial charge in [0.1, 0.15) is 5.82 Å². The summed E-state index contributed by atoms with van der Waals surface area (Å²) < 4.78 is 0. The molecule has 0 amide bonds. The lowest BCUT2D eigenvalue weighted by molar-refractivity contribution is 0.671. The van der Waals surface area contributed by atoms with Crippen LogP contribution in [0.1, 0.15) is 44.3 Å². The number of hydrogen-bond donors (Lipinski definition) is 1. The van der Waals surface area contributed by atoms with Crippen molar-refractivity contribution < 1.29 is 0 Å². The van der Waals surface area contributed by atoms with Gasteiger partial charge < -0.3 is 0 Å². The molecule has 1 saturated carbocycles. The second-order valence-corrected chi connectivity index (χ2v) is 5.18. The summed E-state index contributed by atoms with van der Waals surface area (Å²) in [6, 6.07) is 2.16. The van der Waals surface area contributed by atoms with Crippen molar-refractivity contribution >= 4 is 11.8 Å². The minimum Gasteiger partial charge on any atom is -0.262 e. The Bertz CT molecular complexity index is 362. The molecule has 0 spiro atoms. The number of aromatic nitrogens is 3. The summed E-state index contributed by atoms with van der Waals surface area (Å²) in [7, 11) is 0. The molecule has 1 aliphatic carbocycles. The molecule has 1 aromatic heterocycles. The SMILES string of the molecule is CC(C#N)Sc1n[nH]c(C2CCCC2)n1.